The third-order valence-electron chi connectivity index (χ3n) is 2.96. The third kappa shape index (κ3) is 6.43. The molecule has 0 spiro atoms. The van der Waals surface area contributed by atoms with Crippen molar-refractivity contribution in [2.24, 2.45) is 5.92 Å². The van der Waals surface area contributed by atoms with Crippen molar-refractivity contribution in [3.05, 3.63) is 33.4 Å². The van der Waals surface area contributed by atoms with Gasteiger partial charge in [0.2, 0.25) is 5.91 Å². The van der Waals surface area contributed by atoms with Crippen molar-refractivity contribution in [2.75, 3.05) is 0 Å². The predicted molar refractivity (Wildman–Crippen MR) is 87.9 cm³/mol. The van der Waals surface area contributed by atoms with Crippen molar-refractivity contribution in [2.45, 2.75) is 38.8 Å². The van der Waals surface area contributed by atoms with E-state index in [1.54, 1.807) is 0 Å². The Balaban J connectivity index is 2.67. The number of aliphatic hydroxyl groups is 1. The van der Waals surface area contributed by atoms with Gasteiger partial charge in [0.25, 0.3) is 0 Å². The summed E-state index contributed by atoms with van der Waals surface area (Å²) in [5.74, 6) is -1.59. The molecule has 0 bridgehead atoms. The van der Waals surface area contributed by atoms with E-state index in [2.05, 4.69) is 27.9 Å². The molecule has 5 nitrogen and oxygen atoms in total. The minimum absolute atomic E-state index is 0.158. The van der Waals surface area contributed by atoms with Gasteiger partial charge < -0.3 is 15.5 Å². The van der Waals surface area contributed by atoms with Gasteiger partial charge in [0.15, 0.2) is 0 Å². The molecule has 0 heterocycles. The Morgan fingerprint density at radius 2 is 1.81 bits per heavy atom. The number of nitrogens with one attached hydrogen (secondary N) is 1. The summed E-state index contributed by atoms with van der Waals surface area (Å²) in [6.07, 6.45) is -0.683. The summed E-state index contributed by atoms with van der Waals surface area (Å²) >= 11 is 2.16. The average molecular weight is 405 g/mol. The quantitative estimate of drug-likeness (QED) is 0.604. The van der Waals surface area contributed by atoms with Gasteiger partial charge in [-0.15, -0.1) is 0 Å². The molecule has 2 atom stereocenters. The molecule has 0 aliphatic heterocycles. The zero-order valence-corrected chi connectivity index (χ0v) is 14.2. The number of carboxylic acid groups (broad SMARTS) is 1. The first kappa shape index (κ1) is 17.9. The molecule has 1 aromatic carbocycles. The number of carbonyl (C=O) groups is 2. The highest BCUT2D eigenvalue weighted by molar-refractivity contribution is 14.1. The fraction of sp³-hybridized carbons (Fsp3) is 0.467. The van der Waals surface area contributed by atoms with E-state index >= 15 is 0 Å². The Bertz CT molecular complexity index is 487. The summed E-state index contributed by atoms with van der Waals surface area (Å²) < 4.78 is 1.06. The van der Waals surface area contributed by atoms with Crippen LogP contribution in [0.5, 0.6) is 0 Å². The van der Waals surface area contributed by atoms with Crippen molar-refractivity contribution in [3.63, 3.8) is 0 Å². The number of aliphatic hydroxyl groups excluding tert-OH is 1. The lowest BCUT2D eigenvalue weighted by molar-refractivity contribution is -0.143. The number of aliphatic carboxylic acids is 1. The molecule has 116 valence electrons. The van der Waals surface area contributed by atoms with Crippen LogP contribution in [0.4, 0.5) is 0 Å². The Hall–Kier alpha value is -1.15. The Morgan fingerprint density at radius 3 is 2.29 bits per heavy atom. The first-order chi connectivity index (χ1) is 9.79. The molecule has 0 aliphatic rings. The topological polar surface area (TPSA) is 86.6 Å². The van der Waals surface area contributed by atoms with Crippen LogP contribution < -0.4 is 5.32 Å². The van der Waals surface area contributed by atoms with Crippen molar-refractivity contribution in [1.29, 1.82) is 0 Å². The molecule has 1 amide bonds. The fourth-order valence-electron chi connectivity index (χ4n) is 1.88. The largest absolute Gasteiger partial charge is 0.480 e. The maximum atomic E-state index is 11.8. The molecule has 1 aromatic rings. The number of rotatable bonds is 7. The molecular weight excluding hydrogens is 385 g/mol. The summed E-state index contributed by atoms with van der Waals surface area (Å²) in [5, 5.41) is 21.3. The number of carbonyl (C=O) groups excluding carboxylic acids is 1. The summed E-state index contributed by atoms with van der Waals surface area (Å²) in [6, 6.07) is 6.37. The number of amides is 1. The lowest BCUT2D eigenvalue weighted by atomic mass is 10.0. The van der Waals surface area contributed by atoms with Gasteiger partial charge in [0.05, 0.1) is 0 Å². The van der Waals surface area contributed by atoms with Crippen molar-refractivity contribution < 1.29 is 19.8 Å². The van der Waals surface area contributed by atoms with E-state index in [-0.39, 0.29) is 12.3 Å². The summed E-state index contributed by atoms with van der Waals surface area (Å²) in [7, 11) is 0. The SMILES string of the molecule is CC(C)C[C@H](O)C(=O)N[C@@H](Cc1ccc(I)cc1)C(=O)O. The van der Waals surface area contributed by atoms with Gasteiger partial charge in [-0.05, 0) is 52.6 Å². The van der Waals surface area contributed by atoms with E-state index < -0.39 is 24.0 Å². The van der Waals surface area contributed by atoms with Crippen LogP contribution in [0.25, 0.3) is 0 Å². The van der Waals surface area contributed by atoms with Gasteiger partial charge >= 0.3 is 5.97 Å². The van der Waals surface area contributed by atoms with Crippen LogP contribution in [-0.4, -0.2) is 34.2 Å². The Morgan fingerprint density at radius 1 is 1.24 bits per heavy atom. The number of hydrogen-bond donors (Lipinski definition) is 3. The van der Waals surface area contributed by atoms with Crippen molar-refractivity contribution in [1.82, 2.24) is 5.32 Å². The molecule has 3 N–H and O–H groups in total. The van der Waals surface area contributed by atoms with Gasteiger partial charge in [0, 0.05) is 9.99 Å². The van der Waals surface area contributed by atoms with Crippen LogP contribution in [0, 0.1) is 9.49 Å². The minimum Gasteiger partial charge on any atom is -0.480 e. The van der Waals surface area contributed by atoms with Gasteiger partial charge in [-0.25, -0.2) is 4.79 Å². The van der Waals surface area contributed by atoms with Gasteiger partial charge in [0.1, 0.15) is 12.1 Å². The molecule has 0 saturated heterocycles. The molecule has 21 heavy (non-hydrogen) atoms. The lowest BCUT2D eigenvalue weighted by Crippen LogP contribution is -2.46. The molecule has 0 aliphatic carbocycles. The fourth-order valence-corrected chi connectivity index (χ4v) is 2.24. The second-order valence-corrected chi connectivity index (χ2v) is 6.62. The van der Waals surface area contributed by atoms with Crippen LogP contribution in [0.1, 0.15) is 25.8 Å². The van der Waals surface area contributed by atoms with E-state index in [1.807, 2.05) is 38.1 Å². The third-order valence-corrected chi connectivity index (χ3v) is 3.68. The summed E-state index contributed by atoms with van der Waals surface area (Å²) in [5.41, 5.74) is 0.821. The zero-order chi connectivity index (χ0) is 16.0. The van der Waals surface area contributed by atoms with E-state index in [1.165, 1.54) is 0 Å². The average Bonchev–Trinajstić information content (AvgIpc) is 2.39. The molecule has 0 aromatic heterocycles. The maximum absolute atomic E-state index is 11.8. The van der Waals surface area contributed by atoms with Crippen LogP contribution in [0.3, 0.4) is 0 Å². The Labute approximate surface area is 137 Å². The maximum Gasteiger partial charge on any atom is 0.326 e. The molecule has 0 saturated carbocycles. The van der Waals surface area contributed by atoms with E-state index in [0.29, 0.717) is 6.42 Å². The van der Waals surface area contributed by atoms with Crippen LogP contribution in [0.2, 0.25) is 0 Å². The Kier molecular flexibility index (Phi) is 7.10. The first-order valence-corrected chi connectivity index (χ1v) is 7.83. The standard InChI is InChI=1S/C15H20INO4/c1-9(2)7-13(18)14(19)17-12(15(20)21)8-10-3-5-11(16)6-4-10/h3-6,9,12-13,18H,7-8H2,1-2H3,(H,17,19)(H,20,21)/t12-,13-/m0/s1. The molecular formula is C15H20INO4. The number of hydrogen-bond acceptors (Lipinski definition) is 3. The first-order valence-electron chi connectivity index (χ1n) is 6.75. The summed E-state index contributed by atoms with van der Waals surface area (Å²) in [4.78, 5) is 23.1. The molecule has 0 unspecified atom stereocenters. The highest BCUT2D eigenvalue weighted by Gasteiger charge is 2.24. The van der Waals surface area contributed by atoms with Crippen molar-refractivity contribution in [3.8, 4) is 0 Å². The second-order valence-electron chi connectivity index (χ2n) is 5.38. The van der Waals surface area contributed by atoms with Gasteiger partial charge in [-0.1, -0.05) is 26.0 Å². The number of carboxylic acids is 1. The van der Waals surface area contributed by atoms with E-state index in [4.69, 9.17) is 0 Å². The minimum atomic E-state index is -1.18. The number of benzene rings is 1. The van der Waals surface area contributed by atoms with E-state index in [0.717, 1.165) is 9.13 Å². The number of halogens is 1. The predicted octanol–water partition coefficient (Wildman–Crippen LogP) is 1.81. The molecule has 1 rings (SSSR count). The molecule has 0 radical (unpaired) electrons. The summed E-state index contributed by atoms with van der Waals surface area (Å²) in [6.45, 7) is 3.77. The molecule has 6 heteroatoms. The van der Waals surface area contributed by atoms with Crippen LogP contribution >= 0.6 is 22.6 Å². The lowest BCUT2D eigenvalue weighted by Gasteiger charge is -2.18. The highest BCUT2D eigenvalue weighted by Crippen LogP contribution is 2.10. The van der Waals surface area contributed by atoms with E-state index in [9.17, 15) is 19.8 Å². The normalized spacial score (nSPS) is 13.8. The van der Waals surface area contributed by atoms with Gasteiger partial charge in [-0.2, -0.15) is 0 Å². The molecule has 0 fully saturated rings. The second kappa shape index (κ2) is 8.33. The zero-order valence-electron chi connectivity index (χ0n) is 12.0. The highest BCUT2D eigenvalue weighted by atomic mass is 127. The van der Waals surface area contributed by atoms with Crippen LogP contribution in [0.15, 0.2) is 24.3 Å². The monoisotopic (exact) mass is 405 g/mol. The smallest absolute Gasteiger partial charge is 0.326 e. The van der Waals surface area contributed by atoms with Crippen LogP contribution in [-0.2, 0) is 16.0 Å². The van der Waals surface area contributed by atoms with Gasteiger partial charge in [-0.3, -0.25) is 4.79 Å². The van der Waals surface area contributed by atoms with Crippen molar-refractivity contribution >= 4 is 34.5 Å².